The number of aliphatic hydroxyl groups excluding tert-OH is 10. The zero-order valence-corrected chi connectivity index (χ0v) is 37.0. The largest absolute Gasteiger partial charge is 1.00 e. The van der Waals surface area contributed by atoms with Gasteiger partial charge >= 0.3 is 59.1 Å². The van der Waals surface area contributed by atoms with E-state index in [9.17, 15) is 80.5 Å². The van der Waals surface area contributed by atoms with Gasteiger partial charge in [-0.3, -0.25) is 0 Å². The maximum absolute atomic E-state index is 12.4. The topological polar surface area (TPSA) is 381 Å². The molecular formula is C34H52Na2O23. The van der Waals surface area contributed by atoms with Crippen molar-refractivity contribution in [2.24, 2.45) is 29.6 Å². The van der Waals surface area contributed by atoms with E-state index >= 15 is 0 Å². The smallest absolute Gasteiger partial charge is 0.547 e. The van der Waals surface area contributed by atoms with E-state index in [1.807, 2.05) is 0 Å². The fraction of sp³-hybridized carbons (Fsp3) is 0.882. The SMILES string of the molecule is CC(=O)CC1C(CO[C@@H]2OC(C(=O)[O-])[C@@H](COC[C@@H]3OC(CO)[C@@H](O)C(CO[C@@H]4OC(C(=O)[O-])[C@@H](O)C(O)C4O)C3CC(C)=O)C(O)C2O)[C@H](O)C(CO)O[C@H]1O.[Na+].[Na+]. The molecular weight excluding hydrogens is 822 g/mol. The molecule has 0 spiro atoms. The van der Waals surface area contributed by atoms with E-state index in [4.69, 9.17) is 33.2 Å². The van der Waals surface area contributed by atoms with Crippen LogP contribution in [-0.2, 0) is 52.3 Å². The number of hydrogen-bond acceptors (Lipinski definition) is 23. The minimum Gasteiger partial charge on any atom is -0.547 e. The van der Waals surface area contributed by atoms with Gasteiger partial charge in [-0.25, -0.2) is 0 Å². The molecule has 12 unspecified atom stereocenters. The van der Waals surface area contributed by atoms with Crippen LogP contribution in [-0.4, -0.2) is 206 Å². The van der Waals surface area contributed by atoms with E-state index in [2.05, 4.69) is 0 Å². The van der Waals surface area contributed by atoms with Gasteiger partial charge in [-0.2, -0.15) is 0 Å². The van der Waals surface area contributed by atoms with Gasteiger partial charge in [-0.15, -0.1) is 0 Å². The van der Waals surface area contributed by atoms with Crippen LogP contribution in [0.15, 0.2) is 0 Å². The molecule has 0 aromatic carbocycles. The summed E-state index contributed by atoms with van der Waals surface area (Å²) in [5.41, 5.74) is 0. The van der Waals surface area contributed by atoms with Gasteiger partial charge in [0.15, 0.2) is 18.9 Å². The standard InChI is InChI=1S/C34H54O23.2Na/c1-11(37)3-13-15(8-52-34-27(45)24(42)25(43)29(57-34)31(48)49)21(39)18(5-35)54-20(13)10-51-7-17-23(41)26(44)33(56-28(17)30(46)47)53-9-16-14(4-12(2)38)32(50)55-19(6-36)22(16)40;;/h13-29,32-36,39-45,50H,3-10H2,1-2H3,(H,46,47)(H,48,49);;/q;2*+1/p-2/t13?,14?,15?,16?,17-,18?,19?,20-,21-,22-,23?,24?,25-,26?,27?,28?,29?,32+,33+,34+;;/m0../s1. The van der Waals surface area contributed by atoms with Gasteiger partial charge in [0.25, 0.3) is 0 Å². The zero-order chi connectivity index (χ0) is 42.5. The number of carboxylic acid groups (broad SMARTS) is 2. The number of Topliss-reactive ketones (excluding diaryl/α,β-unsaturated/α-hetero) is 2. The number of carboxylic acids is 2. The Kier molecular flexibility index (Phi) is 22.8. The van der Waals surface area contributed by atoms with Gasteiger partial charge in [0.1, 0.15) is 60.4 Å². The Balaban J connectivity index is 0.00000600. The minimum atomic E-state index is -2.10. The van der Waals surface area contributed by atoms with Gasteiger partial charge in [0.05, 0.1) is 76.0 Å². The van der Waals surface area contributed by atoms with Crippen molar-refractivity contribution < 1.29 is 173 Å². The van der Waals surface area contributed by atoms with E-state index in [0.717, 1.165) is 0 Å². The van der Waals surface area contributed by atoms with Crippen LogP contribution in [0.2, 0.25) is 0 Å². The average Bonchev–Trinajstić information content (AvgIpc) is 3.14. The average molecular weight is 875 g/mol. The zero-order valence-electron chi connectivity index (χ0n) is 33.0. The number of ketones is 2. The molecule has 0 amide bonds. The summed E-state index contributed by atoms with van der Waals surface area (Å²) in [5, 5.41) is 128. The Bertz CT molecular complexity index is 1360. The molecule has 10 N–H and O–H groups in total. The van der Waals surface area contributed by atoms with Crippen LogP contribution >= 0.6 is 0 Å². The van der Waals surface area contributed by atoms with Crippen LogP contribution in [0, 0.1) is 29.6 Å². The molecule has 20 atom stereocenters. The molecule has 0 bridgehead atoms. The molecule has 4 fully saturated rings. The third-order valence-electron chi connectivity index (χ3n) is 10.9. The molecule has 0 aromatic rings. The third-order valence-corrected chi connectivity index (χ3v) is 10.9. The van der Waals surface area contributed by atoms with E-state index < -0.39 is 179 Å². The van der Waals surface area contributed by atoms with Crippen molar-refractivity contribution in [2.75, 3.05) is 39.6 Å². The first-order valence-corrected chi connectivity index (χ1v) is 18.3. The normalized spacial score (nSPS) is 42.5. The monoisotopic (exact) mass is 874 g/mol. The fourth-order valence-electron chi connectivity index (χ4n) is 7.81. The van der Waals surface area contributed by atoms with Crippen molar-refractivity contribution in [1.82, 2.24) is 0 Å². The fourth-order valence-corrected chi connectivity index (χ4v) is 7.81. The van der Waals surface area contributed by atoms with E-state index in [1.54, 1.807) is 0 Å². The van der Waals surface area contributed by atoms with Crippen molar-refractivity contribution in [3.8, 4) is 0 Å². The number of carbonyl (C=O) groups excluding carboxylic acids is 4. The number of aliphatic hydroxyl groups is 10. The second-order valence-corrected chi connectivity index (χ2v) is 14.9. The first-order valence-electron chi connectivity index (χ1n) is 18.3. The molecule has 23 nitrogen and oxygen atoms in total. The maximum Gasteiger partial charge on any atom is 1.00 e. The Morgan fingerprint density at radius 3 is 1.44 bits per heavy atom. The van der Waals surface area contributed by atoms with Crippen LogP contribution < -0.4 is 69.3 Å². The Labute approximate surface area is 382 Å². The Morgan fingerprint density at radius 1 is 0.492 bits per heavy atom. The van der Waals surface area contributed by atoms with Gasteiger partial charge in [-0.05, 0) is 13.8 Å². The number of hydrogen-bond donors (Lipinski definition) is 10. The first-order chi connectivity index (χ1) is 26.8. The van der Waals surface area contributed by atoms with Gasteiger partial charge in [-0.1, -0.05) is 0 Å². The summed E-state index contributed by atoms with van der Waals surface area (Å²) >= 11 is 0. The molecule has 4 aliphatic heterocycles. The summed E-state index contributed by atoms with van der Waals surface area (Å²) in [4.78, 5) is 47.9. The van der Waals surface area contributed by atoms with Crippen LogP contribution in [0.3, 0.4) is 0 Å². The molecule has 4 rings (SSSR count). The summed E-state index contributed by atoms with van der Waals surface area (Å²) < 4.78 is 38.4. The molecule has 4 saturated heterocycles. The number of ether oxygens (including phenoxy) is 7. The molecule has 0 saturated carbocycles. The van der Waals surface area contributed by atoms with E-state index in [1.165, 1.54) is 13.8 Å². The van der Waals surface area contributed by atoms with Crippen molar-refractivity contribution in [3.63, 3.8) is 0 Å². The molecule has 0 aromatic heterocycles. The van der Waals surface area contributed by atoms with E-state index in [0.29, 0.717) is 0 Å². The molecule has 0 aliphatic carbocycles. The quantitative estimate of drug-likeness (QED) is 0.0572. The molecule has 0 radical (unpaired) electrons. The van der Waals surface area contributed by atoms with Crippen LogP contribution in [0.4, 0.5) is 0 Å². The number of aliphatic carboxylic acids is 2. The van der Waals surface area contributed by atoms with Crippen molar-refractivity contribution in [1.29, 1.82) is 0 Å². The summed E-state index contributed by atoms with van der Waals surface area (Å²) in [6.07, 6.45) is -26.6. The van der Waals surface area contributed by atoms with Gasteiger partial charge in [0.2, 0.25) is 0 Å². The third kappa shape index (κ3) is 13.3. The van der Waals surface area contributed by atoms with Crippen LogP contribution in [0.25, 0.3) is 0 Å². The summed E-state index contributed by atoms with van der Waals surface area (Å²) in [6.45, 7) is -1.31. The molecule has 4 aliphatic rings. The van der Waals surface area contributed by atoms with Crippen molar-refractivity contribution in [3.05, 3.63) is 0 Å². The second-order valence-electron chi connectivity index (χ2n) is 14.9. The first kappa shape index (κ1) is 54.7. The van der Waals surface area contributed by atoms with Gasteiger partial charge in [0, 0.05) is 42.4 Å². The summed E-state index contributed by atoms with van der Waals surface area (Å²) in [7, 11) is 0. The van der Waals surface area contributed by atoms with Crippen molar-refractivity contribution in [2.45, 2.75) is 119 Å². The van der Waals surface area contributed by atoms with Crippen LogP contribution in [0.1, 0.15) is 26.7 Å². The van der Waals surface area contributed by atoms with E-state index in [-0.39, 0.29) is 77.7 Å². The van der Waals surface area contributed by atoms with Crippen molar-refractivity contribution >= 4 is 23.5 Å². The molecule has 59 heavy (non-hydrogen) atoms. The maximum atomic E-state index is 12.4. The number of carbonyl (C=O) groups is 4. The minimum absolute atomic E-state index is 0. The van der Waals surface area contributed by atoms with Gasteiger partial charge < -0.3 is 114 Å². The van der Waals surface area contributed by atoms with Crippen LogP contribution in [0.5, 0.6) is 0 Å². The summed E-state index contributed by atoms with van der Waals surface area (Å²) in [5.74, 6) is -10.3. The molecule has 4 heterocycles. The summed E-state index contributed by atoms with van der Waals surface area (Å²) in [6, 6.07) is 0. The predicted octanol–water partition coefficient (Wildman–Crippen LogP) is -15.0. The second kappa shape index (κ2) is 24.6. The predicted molar refractivity (Wildman–Crippen MR) is 174 cm³/mol. The molecule has 25 heteroatoms. The number of rotatable bonds is 18. The Hall–Kier alpha value is -0.400. The Morgan fingerprint density at radius 2 is 0.949 bits per heavy atom. The molecule has 328 valence electrons.